The van der Waals surface area contributed by atoms with E-state index < -0.39 is 4.92 Å². The van der Waals surface area contributed by atoms with Crippen molar-refractivity contribution in [1.82, 2.24) is 0 Å². The molecule has 0 aromatic heterocycles. The van der Waals surface area contributed by atoms with Gasteiger partial charge in [0.05, 0.1) is 4.92 Å². The maximum absolute atomic E-state index is 10.6. The molecule has 1 aromatic rings. The molecule has 1 fully saturated rings. The molecule has 16 heavy (non-hydrogen) atoms. The quantitative estimate of drug-likeness (QED) is 0.599. The van der Waals surface area contributed by atoms with Crippen molar-refractivity contribution in [2.45, 2.75) is 31.2 Å². The minimum atomic E-state index is -0.460. The molecular formula is C11H14N2O3. The zero-order valence-corrected chi connectivity index (χ0v) is 8.85. The first-order valence-electron chi connectivity index (χ1n) is 5.25. The molecule has 0 amide bonds. The fourth-order valence-electron chi connectivity index (χ4n) is 1.68. The molecule has 5 heteroatoms. The molecule has 0 heterocycles. The van der Waals surface area contributed by atoms with Crippen LogP contribution in [0.1, 0.15) is 24.8 Å². The molecule has 0 unspecified atom stereocenters. The lowest BCUT2D eigenvalue weighted by Crippen LogP contribution is -2.22. The van der Waals surface area contributed by atoms with Crippen LogP contribution in [0.3, 0.4) is 0 Å². The zero-order valence-electron chi connectivity index (χ0n) is 8.85. The summed E-state index contributed by atoms with van der Waals surface area (Å²) in [5, 5.41) is 20.1. The second kappa shape index (κ2) is 3.75. The van der Waals surface area contributed by atoms with Gasteiger partial charge < -0.3 is 10.8 Å². The van der Waals surface area contributed by atoms with Gasteiger partial charge in [0.1, 0.15) is 5.75 Å². The van der Waals surface area contributed by atoms with Crippen molar-refractivity contribution in [3.8, 4) is 5.75 Å². The highest BCUT2D eigenvalue weighted by Crippen LogP contribution is 2.37. The number of phenols is 1. The monoisotopic (exact) mass is 222 g/mol. The third-order valence-corrected chi connectivity index (χ3v) is 3.06. The fourth-order valence-corrected chi connectivity index (χ4v) is 1.68. The lowest BCUT2D eigenvalue weighted by molar-refractivity contribution is -0.384. The number of aryl methyl sites for hydroxylation is 1. The molecule has 1 saturated carbocycles. The summed E-state index contributed by atoms with van der Waals surface area (Å²) in [6, 6.07) is 4.08. The predicted molar refractivity (Wildman–Crippen MR) is 59.2 cm³/mol. The largest absolute Gasteiger partial charge is 0.508 e. The smallest absolute Gasteiger partial charge is 0.269 e. The van der Waals surface area contributed by atoms with E-state index in [9.17, 15) is 15.2 Å². The van der Waals surface area contributed by atoms with Crippen LogP contribution in [-0.2, 0) is 6.42 Å². The highest BCUT2D eigenvalue weighted by atomic mass is 16.6. The molecule has 3 N–H and O–H groups in total. The summed E-state index contributed by atoms with van der Waals surface area (Å²) < 4.78 is 0. The summed E-state index contributed by atoms with van der Waals surface area (Å²) in [6.07, 6.45) is 3.36. The van der Waals surface area contributed by atoms with E-state index in [1.54, 1.807) is 0 Å². The molecule has 1 aliphatic carbocycles. The van der Waals surface area contributed by atoms with Crippen LogP contribution in [-0.4, -0.2) is 15.6 Å². The van der Waals surface area contributed by atoms with Gasteiger partial charge in [-0.05, 0) is 31.7 Å². The zero-order chi connectivity index (χ0) is 11.8. The molecule has 1 aromatic carbocycles. The number of hydrogen-bond donors (Lipinski definition) is 2. The summed E-state index contributed by atoms with van der Waals surface area (Å²) >= 11 is 0. The van der Waals surface area contributed by atoms with Crippen molar-refractivity contribution in [3.63, 3.8) is 0 Å². The Labute approximate surface area is 93.0 Å². The number of rotatable bonds is 4. The highest BCUT2D eigenvalue weighted by Gasteiger charge is 2.37. The molecule has 1 aliphatic rings. The normalized spacial score (nSPS) is 17.1. The van der Waals surface area contributed by atoms with Gasteiger partial charge in [0, 0.05) is 23.2 Å². The Morgan fingerprint density at radius 2 is 2.19 bits per heavy atom. The summed E-state index contributed by atoms with van der Waals surface area (Å²) in [5.41, 5.74) is 6.44. The molecular weight excluding hydrogens is 208 g/mol. The highest BCUT2D eigenvalue weighted by molar-refractivity contribution is 5.43. The Morgan fingerprint density at radius 3 is 2.75 bits per heavy atom. The molecule has 0 atom stereocenters. The van der Waals surface area contributed by atoms with E-state index >= 15 is 0 Å². The molecule has 5 nitrogen and oxygen atoms in total. The lowest BCUT2D eigenvalue weighted by Gasteiger charge is -2.09. The van der Waals surface area contributed by atoms with E-state index in [1.807, 2.05) is 0 Å². The van der Waals surface area contributed by atoms with Crippen LogP contribution in [0.2, 0.25) is 0 Å². The molecule has 0 spiro atoms. The average Bonchev–Trinajstić information content (AvgIpc) is 2.95. The van der Waals surface area contributed by atoms with Gasteiger partial charge >= 0.3 is 0 Å². The maximum atomic E-state index is 10.6. The van der Waals surface area contributed by atoms with Crippen LogP contribution in [0.15, 0.2) is 18.2 Å². The molecule has 0 bridgehead atoms. The minimum Gasteiger partial charge on any atom is -0.508 e. The van der Waals surface area contributed by atoms with Gasteiger partial charge in [-0.25, -0.2) is 0 Å². The number of aromatic hydroxyl groups is 1. The van der Waals surface area contributed by atoms with Gasteiger partial charge in [-0.2, -0.15) is 0 Å². The Hall–Kier alpha value is -1.62. The summed E-state index contributed by atoms with van der Waals surface area (Å²) in [4.78, 5) is 10.1. The van der Waals surface area contributed by atoms with Crippen LogP contribution in [0.25, 0.3) is 0 Å². The van der Waals surface area contributed by atoms with Crippen molar-refractivity contribution in [2.24, 2.45) is 5.73 Å². The fraction of sp³-hybridized carbons (Fsp3) is 0.455. The topological polar surface area (TPSA) is 89.4 Å². The minimum absolute atomic E-state index is 0.00895. The van der Waals surface area contributed by atoms with E-state index in [0.717, 1.165) is 19.3 Å². The van der Waals surface area contributed by atoms with Crippen LogP contribution in [0.5, 0.6) is 5.75 Å². The molecule has 0 radical (unpaired) electrons. The standard InChI is InChI=1S/C11H14N2O3/c12-11(5-6-11)4-3-8-7-9(13(15)16)1-2-10(8)14/h1-2,7,14H,3-6,12H2. The number of nitrogens with zero attached hydrogens (tertiary/aromatic N) is 1. The van der Waals surface area contributed by atoms with Crippen molar-refractivity contribution >= 4 is 5.69 Å². The predicted octanol–water partition coefficient (Wildman–Crippen LogP) is 1.72. The van der Waals surface area contributed by atoms with Gasteiger partial charge in [0.15, 0.2) is 0 Å². The molecule has 2 rings (SSSR count). The number of phenolic OH excluding ortho intramolecular Hbond substituents is 1. The van der Waals surface area contributed by atoms with E-state index in [2.05, 4.69) is 0 Å². The molecule has 86 valence electrons. The van der Waals surface area contributed by atoms with Crippen LogP contribution >= 0.6 is 0 Å². The SMILES string of the molecule is NC1(CCc2cc([N+](=O)[O-])ccc2O)CC1. The molecule has 0 saturated heterocycles. The van der Waals surface area contributed by atoms with Gasteiger partial charge in [0.25, 0.3) is 5.69 Å². The lowest BCUT2D eigenvalue weighted by atomic mass is 10.0. The van der Waals surface area contributed by atoms with Crippen LogP contribution < -0.4 is 5.73 Å². The Kier molecular flexibility index (Phi) is 2.55. The maximum Gasteiger partial charge on any atom is 0.269 e. The van der Waals surface area contributed by atoms with E-state index in [-0.39, 0.29) is 17.0 Å². The van der Waals surface area contributed by atoms with Crippen molar-refractivity contribution in [3.05, 3.63) is 33.9 Å². The van der Waals surface area contributed by atoms with E-state index in [4.69, 9.17) is 5.73 Å². The second-order valence-corrected chi connectivity index (χ2v) is 4.43. The summed E-state index contributed by atoms with van der Waals surface area (Å²) in [7, 11) is 0. The first-order chi connectivity index (χ1) is 7.50. The van der Waals surface area contributed by atoms with Crippen molar-refractivity contribution < 1.29 is 10.0 Å². The number of nitro benzene ring substituents is 1. The van der Waals surface area contributed by atoms with Crippen LogP contribution in [0, 0.1) is 10.1 Å². The van der Waals surface area contributed by atoms with Gasteiger partial charge in [0.2, 0.25) is 0 Å². The number of hydrogen-bond acceptors (Lipinski definition) is 4. The molecule has 0 aliphatic heterocycles. The summed E-state index contributed by atoms with van der Waals surface area (Å²) in [5.74, 6) is 0.106. The van der Waals surface area contributed by atoms with Crippen LogP contribution in [0.4, 0.5) is 5.69 Å². The third-order valence-electron chi connectivity index (χ3n) is 3.06. The Balaban J connectivity index is 2.12. The van der Waals surface area contributed by atoms with Gasteiger partial charge in [-0.15, -0.1) is 0 Å². The number of benzene rings is 1. The third kappa shape index (κ3) is 2.30. The number of nitrogens with two attached hydrogens (primary N) is 1. The first-order valence-corrected chi connectivity index (χ1v) is 5.25. The summed E-state index contributed by atoms with van der Waals surface area (Å²) in [6.45, 7) is 0. The van der Waals surface area contributed by atoms with Crippen molar-refractivity contribution in [2.75, 3.05) is 0 Å². The number of non-ortho nitro benzene ring substituents is 1. The Morgan fingerprint density at radius 1 is 1.50 bits per heavy atom. The van der Waals surface area contributed by atoms with E-state index in [1.165, 1.54) is 18.2 Å². The van der Waals surface area contributed by atoms with E-state index in [0.29, 0.717) is 12.0 Å². The first kappa shape index (κ1) is 10.9. The second-order valence-electron chi connectivity index (χ2n) is 4.43. The average molecular weight is 222 g/mol. The van der Waals surface area contributed by atoms with Gasteiger partial charge in [-0.1, -0.05) is 0 Å². The van der Waals surface area contributed by atoms with Crippen molar-refractivity contribution in [1.29, 1.82) is 0 Å². The number of nitro groups is 1. The Bertz CT molecular complexity index is 427. The van der Waals surface area contributed by atoms with Gasteiger partial charge in [-0.3, -0.25) is 10.1 Å².